The Hall–Kier alpha value is -2.67. The summed E-state index contributed by atoms with van der Waals surface area (Å²) in [6.07, 6.45) is 0. The van der Waals surface area contributed by atoms with Crippen LogP contribution in [0.5, 0.6) is 5.75 Å². The molecule has 0 unspecified atom stereocenters. The smallest absolute Gasteiger partial charge is 0.289 e. The highest BCUT2D eigenvalue weighted by atomic mass is 32.1. The van der Waals surface area contributed by atoms with E-state index in [-0.39, 0.29) is 17.3 Å². The van der Waals surface area contributed by atoms with Gasteiger partial charge in [0.15, 0.2) is 0 Å². The Kier molecular flexibility index (Phi) is 4.38. The van der Waals surface area contributed by atoms with Gasteiger partial charge < -0.3 is 14.5 Å². The van der Waals surface area contributed by atoms with Crippen LogP contribution in [0.15, 0.2) is 52.9 Å². The van der Waals surface area contributed by atoms with Gasteiger partial charge in [-0.2, -0.15) is 0 Å². The van der Waals surface area contributed by atoms with Crippen molar-refractivity contribution in [3.8, 4) is 17.2 Å². The van der Waals surface area contributed by atoms with Crippen LogP contribution in [-0.2, 0) is 6.67 Å². The van der Waals surface area contributed by atoms with Gasteiger partial charge in [0.2, 0.25) is 0 Å². The third kappa shape index (κ3) is 3.24. The van der Waals surface area contributed by atoms with Crippen molar-refractivity contribution in [1.29, 1.82) is 0 Å². The molecule has 1 aromatic heterocycles. The lowest BCUT2D eigenvalue weighted by molar-refractivity contribution is 0.414. The molecule has 5 nitrogen and oxygen atoms in total. The number of anilines is 1. The molecule has 0 saturated heterocycles. The Morgan fingerprint density at radius 2 is 1.96 bits per heavy atom. The predicted octanol–water partition coefficient (Wildman–Crippen LogP) is 4.09. The van der Waals surface area contributed by atoms with Crippen molar-refractivity contribution >= 4 is 17.9 Å². The Morgan fingerprint density at radius 3 is 2.74 bits per heavy atom. The second-order valence-corrected chi connectivity index (χ2v) is 5.04. The largest absolute Gasteiger partial charge is 0.496 e. The molecule has 0 amide bonds. The zero-order valence-electron chi connectivity index (χ0n) is 12.3. The second kappa shape index (κ2) is 6.62. The number of nitrogens with one attached hydrogen (secondary N) is 1. The van der Waals surface area contributed by atoms with E-state index in [2.05, 4.69) is 10.4 Å². The highest BCUT2D eigenvalue weighted by Gasteiger charge is 2.13. The summed E-state index contributed by atoms with van der Waals surface area (Å²) < 4.78 is 25.9. The van der Waals surface area contributed by atoms with Gasteiger partial charge in [-0.05, 0) is 36.5 Å². The van der Waals surface area contributed by atoms with Crippen molar-refractivity contribution in [1.82, 2.24) is 9.78 Å². The number of methoxy groups -OCH3 is 1. The van der Waals surface area contributed by atoms with E-state index < -0.39 is 0 Å². The van der Waals surface area contributed by atoms with E-state index in [1.54, 1.807) is 25.3 Å². The summed E-state index contributed by atoms with van der Waals surface area (Å²) >= 11 is 5.16. The Balaban J connectivity index is 1.84. The summed E-state index contributed by atoms with van der Waals surface area (Å²) in [5, 5.41) is 7.25. The first-order chi connectivity index (χ1) is 11.2. The van der Waals surface area contributed by atoms with Crippen LogP contribution >= 0.6 is 12.2 Å². The van der Waals surface area contributed by atoms with E-state index >= 15 is 0 Å². The number of ether oxygens (including phenoxy) is 1. The zero-order valence-corrected chi connectivity index (χ0v) is 13.1. The number of aromatic nitrogens is 2. The Labute approximate surface area is 137 Å². The van der Waals surface area contributed by atoms with Crippen molar-refractivity contribution in [3.63, 3.8) is 0 Å². The summed E-state index contributed by atoms with van der Waals surface area (Å²) in [7, 11) is 1.57. The van der Waals surface area contributed by atoms with Crippen LogP contribution in [-0.4, -0.2) is 16.9 Å². The molecule has 0 bridgehead atoms. The number of para-hydroxylation sites is 2. The molecule has 0 aliphatic carbocycles. The van der Waals surface area contributed by atoms with E-state index in [0.29, 0.717) is 22.9 Å². The summed E-state index contributed by atoms with van der Waals surface area (Å²) in [5.41, 5.74) is 1.07. The molecule has 0 atom stereocenters. The van der Waals surface area contributed by atoms with Gasteiger partial charge in [0.25, 0.3) is 10.7 Å². The summed E-state index contributed by atoms with van der Waals surface area (Å²) in [4.78, 5) is 0.190. The minimum Gasteiger partial charge on any atom is -0.496 e. The molecule has 3 aromatic rings. The first-order valence-electron chi connectivity index (χ1n) is 6.89. The number of rotatable bonds is 5. The second-order valence-electron chi connectivity index (χ2n) is 4.69. The Morgan fingerprint density at radius 1 is 1.22 bits per heavy atom. The molecule has 0 fully saturated rings. The molecule has 0 saturated carbocycles. The third-order valence-electron chi connectivity index (χ3n) is 3.24. The van der Waals surface area contributed by atoms with Gasteiger partial charge >= 0.3 is 0 Å². The summed E-state index contributed by atoms with van der Waals surface area (Å²) in [5.74, 6) is 0.646. The van der Waals surface area contributed by atoms with Gasteiger partial charge in [-0.15, -0.1) is 5.10 Å². The number of hydrogen-bond donors (Lipinski definition) is 1. The monoisotopic (exact) mass is 331 g/mol. The summed E-state index contributed by atoms with van der Waals surface area (Å²) in [6, 6.07) is 13.7. The van der Waals surface area contributed by atoms with E-state index in [1.165, 1.54) is 10.7 Å². The lowest BCUT2D eigenvalue weighted by atomic mass is 10.2. The molecule has 3 rings (SSSR count). The molecular weight excluding hydrogens is 317 g/mol. The molecule has 23 heavy (non-hydrogen) atoms. The molecule has 118 valence electrons. The number of hydrogen-bond acceptors (Lipinski definition) is 5. The average molecular weight is 331 g/mol. The van der Waals surface area contributed by atoms with Crippen LogP contribution in [0.1, 0.15) is 0 Å². The molecule has 1 heterocycles. The zero-order chi connectivity index (χ0) is 16.2. The van der Waals surface area contributed by atoms with Crippen LogP contribution in [0.3, 0.4) is 0 Å². The summed E-state index contributed by atoms with van der Waals surface area (Å²) in [6.45, 7) is 0.193. The van der Waals surface area contributed by atoms with Gasteiger partial charge in [-0.25, -0.2) is 9.07 Å². The quantitative estimate of drug-likeness (QED) is 0.714. The fourth-order valence-corrected chi connectivity index (χ4v) is 2.29. The molecule has 1 N–H and O–H groups in total. The maximum absolute atomic E-state index is 13.6. The maximum Gasteiger partial charge on any atom is 0.289 e. The third-order valence-corrected chi connectivity index (χ3v) is 3.53. The van der Waals surface area contributed by atoms with Crippen molar-refractivity contribution in [3.05, 3.63) is 59.2 Å². The minimum absolute atomic E-state index is 0.190. The van der Waals surface area contributed by atoms with Gasteiger partial charge in [0, 0.05) is 0 Å². The standard InChI is InChI=1S/C16H14FN3O2S/c1-21-14-9-5-2-6-11(14)15-19-20(16(23)22-15)10-18-13-8-4-3-7-12(13)17/h2-9,18H,10H2,1H3. The highest BCUT2D eigenvalue weighted by molar-refractivity contribution is 7.71. The van der Waals surface area contributed by atoms with E-state index in [0.717, 1.165) is 0 Å². The molecular formula is C16H14FN3O2S. The molecule has 0 aliphatic rings. The topological polar surface area (TPSA) is 52.2 Å². The van der Waals surface area contributed by atoms with Crippen molar-refractivity contribution in [2.45, 2.75) is 6.67 Å². The fraction of sp³-hybridized carbons (Fsp3) is 0.125. The van der Waals surface area contributed by atoms with Crippen LogP contribution in [0, 0.1) is 10.7 Å². The minimum atomic E-state index is -0.340. The van der Waals surface area contributed by atoms with Crippen molar-refractivity contribution < 1.29 is 13.5 Å². The molecule has 0 spiro atoms. The van der Waals surface area contributed by atoms with Crippen LogP contribution in [0.2, 0.25) is 0 Å². The van der Waals surface area contributed by atoms with Crippen LogP contribution < -0.4 is 10.1 Å². The normalized spacial score (nSPS) is 10.5. The van der Waals surface area contributed by atoms with E-state index in [4.69, 9.17) is 21.4 Å². The first-order valence-corrected chi connectivity index (χ1v) is 7.29. The Bertz CT molecular complexity index is 876. The number of halogens is 1. The molecule has 0 aliphatic heterocycles. The maximum atomic E-state index is 13.6. The number of nitrogens with zero attached hydrogens (tertiary/aromatic N) is 2. The van der Waals surface area contributed by atoms with Crippen molar-refractivity contribution in [2.24, 2.45) is 0 Å². The number of benzene rings is 2. The van der Waals surface area contributed by atoms with Gasteiger partial charge in [0.05, 0.1) is 18.4 Å². The SMILES string of the molecule is COc1ccccc1-c1nn(CNc2ccccc2F)c(=S)o1. The molecule has 2 aromatic carbocycles. The van der Waals surface area contributed by atoms with Gasteiger partial charge in [-0.3, -0.25) is 0 Å². The lowest BCUT2D eigenvalue weighted by Crippen LogP contribution is -2.10. The molecule has 0 radical (unpaired) electrons. The van der Waals surface area contributed by atoms with Crippen LogP contribution in [0.4, 0.5) is 10.1 Å². The van der Waals surface area contributed by atoms with Crippen LogP contribution in [0.25, 0.3) is 11.5 Å². The molecule has 7 heteroatoms. The highest BCUT2D eigenvalue weighted by Crippen LogP contribution is 2.28. The van der Waals surface area contributed by atoms with Gasteiger partial charge in [0.1, 0.15) is 18.2 Å². The van der Waals surface area contributed by atoms with E-state index in [1.807, 2.05) is 24.3 Å². The lowest BCUT2D eigenvalue weighted by Gasteiger charge is -2.06. The fourth-order valence-electron chi connectivity index (χ4n) is 2.10. The predicted molar refractivity (Wildman–Crippen MR) is 87.3 cm³/mol. The first kappa shape index (κ1) is 15.2. The van der Waals surface area contributed by atoms with Crippen molar-refractivity contribution in [2.75, 3.05) is 12.4 Å². The average Bonchev–Trinajstić information content (AvgIpc) is 2.95. The van der Waals surface area contributed by atoms with Gasteiger partial charge in [-0.1, -0.05) is 24.3 Å². The van der Waals surface area contributed by atoms with E-state index in [9.17, 15) is 4.39 Å².